The molecule has 0 heterocycles. The molecule has 88 heavy (non-hydrogen) atoms. The van der Waals surface area contributed by atoms with E-state index < -0.39 is 12.1 Å². The number of aliphatic hydroxyl groups excluding tert-OH is 2. The van der Waals surface area contributed by atoms with E-state index in [0.29, 0.717) is 19.4 Å². The smallest absolute Gasteiger partial charge is 0.305 e. The first-order valence-electron chi connectivity index (χ1n) is 39.6. The lowest BCUT2D eigenvalue weighted by atomic mass is 10.0. The first-order chi connectivity index (χ1) is 43.5. The minimum atomic E-state index is -0.846. The standard InChI is InChI=1S/C82H153NO5/c1-3-5-7-9-11-13-15-17-19-21-22-23-37-40-43-46-50-54-58-62-66-70-74-80(85)79(78-84)83-81(86)75-71-67-63-59-55-51-47-44-41-38-35-33-31-29-27-25-24-26-28-30-32-34-36-39-42-45-49-53-57-61-65-69-73-77-88-82(87)76-72-68-64-60-56-52-48-20-18-16-14-12-10-8-6-4-2/h14,16,20,28,30,34,36,48,70,74,79-80,84-85H,3-13,15,17-19,21-27,29,31-33,35,37-47,49-69,71-73,75-78H2,1-2H3,(H,83,86)/b16-14-,30-28-,36-34-,48-20-,74-70+. The molecule has 3 N–H and O–H groups in total. The lowest BCUT2D eigenvalue weighted by molar-refractivity contribution is -0.143. The zero-order valence-corrected chi connectivity index (χ0v) is 59.2. The molecule has 516 valence electrons. The van der Waals surface area contributed by atoms with Crippen molar-refractivity contribution in [2.45, 2.75) is 437 Å². The van der Waals surface area contributed by atoms with Gasteiger partial charge in [-0.15, -0.1) is 0 Å². The van der Waals surface area contributed by atoms with E-state index in [1.165, 1.54) is 340 Å². The van der Waals surface area contributed by atoms with Gasteiger partial charge in [-0.2, -0.15) is 0 Å². The van der Waals surface area contributed by atoms with Gasteiger partial charge in [-0.3, -0.25) is 9.59 Å². The third-order valence-electron chi connectivity index (χ3n) is 18.3. The molecule has 0 aromatic carbocycles. The van der Waals surface area contributed by atoms with Gasteiger partial charge in [-0.05, 0) is 96.3 Å². The molecular weight excluding hydrogens is 1080 g/mol. The largest absolute Gasteiger partial charge is 0.466 e. The van der Waals surface area contributed by atoms with Gasteiger partial charge in [0.05, 0.1) is 25.4 Å². The number of rotatable bonds is 74. The fourth-order valence-electron chi connectivity index (χ4n) is 12.2. The highest BCUT2D eigenvalue weighted by Gasteiger charge is 2.18. The van der Waals surface area contributed by atoms with Crippen LogP contribution in [0.3, 0.4) is 0 Å². The van der Waals surface area contributed by atoms with Crippen molar-refractivity contribution in [3.8, 4) is 0 Å². The van der Waals surface area contributed by atoms with Crippen molar-refractivity contribution < 1.29 is 24.5 Å². The molecule has 6 heteroatoms. The van der Waals surface area contributed by atoms with Gasteiger partial charge in [0.1, 0.15) is 0 Å². The van der Waals surface area contributed by atoms with Crippen LogP contribution in [0.1, 0.15) is 425 Å². The van der Waals surface area contributed by atoms with E-state index in [4.69, 9.17) is 4.74 Å². The molecule has 2 atom stereocenters. The molecule has 0 saturated carbocycles. The zero-order valence-electron chi connectivity index (χ0n) is 59.2. The van der Waals surface area contributed by atoms with Crippen LogP contribution >= 0.6 is 0 Å². The number of hydrogen-bond donors (Lipinski definition) is 3. The van der Waals surface area contributed by atoms with Crippen molar-refractivity contribution in [3.63, 3.8) is 0 Å². The highest BCUT2D eigenvalue weighted by molar-refractivity contribution is 5.76. The molecule has 0 aliphatic rings. The molecule has 0 aliphatic carbocycles. The number of aliphatic hydroxyl groups is 2. The Balaban J connectivity index is 3.41. The third-order valence-corrected chi connectivity index (χ3v) is 18.3. The van der Waals surface area contributed by atoms with Crippen molar-refractivity contribution in [1.29, 1.82) is 0 Å². The van der Waals surface area contributed by atoms with Crippen LogP contribution in [0.15, 0.2) is 60.8 Å². The van der Waals surface area contributed by atoms with Gasteiger partial charge in [0.15, 0.2) is 0 Å². The maximum atomic E-state index is 12.5. The normalized spacial score (nSPS) is 12.8. The summed E-state index contributed by atoms with van der Waals surface area (Å²) in [6, 6.07) is -0.629. The number of allylic oxidation sites excluding steroid dienone is 9. The van der Waals surface area contributed by atoms with E-state index in [0.717, 1.165) is 57.8 Å². The van der Waals surface area contributed by atoms with Gasteiger partial charge >= 0.3 is 5.97 Å². The number of ether oxygens (including phenoxy) is 1. The summed E-state index contributed by atoms with van der Waals surface area (Å²) in [6.07, 6.45) is 103. The van der Waals surface area contributed by atoms with Crippen molar-refractivity contribution in [2.75, 3.05) is 13.2 Å². The van der Waals surface area contributed by atoms with Crippen LogP contribution in [0.5, 0.6) is 0 Å². The lowest BCUT2D eigenvalue weighted by Crippen LogP contribution is -2.45. The summed E-state index contributed by atoms with van der Waals surface area (Å²) in [4.78, 5) is 24.6. The maximum Gasteiger partial charge on any atom is 0.305 e. The quantitative estimate of drug-likeness (QED) is 0.0320. The molecule has 0 spiro atoms. The summed E-state index contributed by atoms with van der Waals surface area (Å²) in [5.41, 5.74) is 0. The van der Waals surface area contributed by atoms with E-state index in [1.54, 1.807) is 6.08 Å². The molecular formula is C82H153NO5. The average Bonchev–Trinajstić information content (AvgIpc) is 3.58. The second kappa shape index (κ2) is 77.0. The molecule has 0 saturated heterocycles. The molecule has 0 aliphatic heterocycles. The second-order valence-corrected chi connectivity index (χ2v) is 27.0. The third kappa shape index (κ3) is 72.6. The molecule has 0 rings (SSSR count). The number of nitrogens with one attached hydrogen (secondary N) is 1. The maximum absolute atomic E-state index is 12.5. The van der Waals surface area contributed by atoms with Crippen molar-refractivity contribution in [3.05, 3.63) is 60.8 Å². The van der Waals surface area contributed by atoms with Crippen molar-refractivity contribution in [1.82, 2.24) is 5.32 Å². The molecule has 6 nitrogen and oxygen atoms in total. The average molecular weight is 1230 g/mol. The van der Waals surface area contributed by atoms with Gasteiger partial charge < -0.3 is 20.3 Å². The number of hydrogen-bond acceptors (Lipinski definition) is 5. The van der Waals surface area contributed by atoms with E-state index >= 15 is 0 Å². The highest BCUT2D eigenvalue weighted by atomic mass is 16.5. The van der Waals surface area contributed by atoms with Crippen LogP contribution in [-0.2, 0) is 14.3 Å². The molecule has 0 fully saturated rings. The Morgan fingerprint density at radius 3 is 0.875 bits per heavy atom. The van der Waals surface area contributed by atoms with E-state index in [9.17, 15) is 19.8 Å². The lowest BCUT2D eigenvalue weighted by Gasteiger charge is -2.20. The minimum absolute atomic E-state index is 0.000624. The Hall–Kier alpha value is -2.44. The molecule has 2 unspecified atom stereocenters. The number of carbonyl (C=O) groups is 2. The van der Waals surface area contributed by atoms with Gasteiger partial charge in [0, 0.05) is 12.8 Å². The first kappa shape index (κ1) is 85.6. The second-order valence-electron chi connectivity index (χ2n) is 27.0. The Morgan fingerprint density at radius 1 is 0.318 bits per heavy atom. The Labute approximate surface area is 549 Å². The summed E-state index contributed by atoms with van der Waals surface area (Å²) >= 11 is 0. The molecule has 0 radical (unpaired) electrons. The summed E-state index contributed by atoms with van der Waals surface area (Å²) in [6.45, 7) is 4.91. The SMILES string of the molecule is CCCCCC/C=C\C/C=C\CCCCCCCC(=O)OCCCCCCCCCCC/C=C\C/C=C\CCCCCCCCCCCCCCCCCCCC(=O)NC(CO)C(O)/C=C/CCCCCCCCCCCCCCCCCCCCCC. The van der Waals surface area contributed by atoms with Crippen molar-refractivity contribution >= 4 is 11.9 Å². The van der Waals surface area contributed by atoms with Crippen LogP contribution < -0.4 is 5.32 Å². The molecule has 0 bridgehead atoms. The van der Waals surface area contributed by atoms with Crippen LogP contribution in [0, 0.1) is 0 Å². The fraction of sp³-hybridized carbons (Fsp3) is 0.854. The number of carbonyl (C=O) groups excluding carboxylic acids is 2. The molecule has 0 aromatic heterocycles. The van der Waals surface area contributed by atoms with Gasteiger partial charge in [0.2, 0.25) is 5.91 Å². The van der Waals surface area contributed by atoms with Crippen molar-refractivity contribution in [2.24, 2.45) is 0 Å². The van der Waals surface area contributed by atoms with E-state index in [-0.39, 0.29) is 18.5 Å². The predicted molar refractivity (Wildman–Crippen MR) is 389 cm³/mol. The van der Waals surface area contributed by atoms with Crippen LogP contribution in [0.25, 0.3) is 0 Å². The Morgan fingerprint density at radius 2 is 0.568 bits per heavy atom. The topological polar surface area (TPSA) is 95.9 Å². The summed E-state index contributed by atoms with van der Waals surface area (Å²) < 4.78 is 5.49. The van der Waals surface area contributed by atoms with E-state index in [1.807, 2.05) is 6.08 Å². The minimum Gasteiger partial charge on any atom is -0.466 e. The number of amides is 1. The Bertz CT molecular complexity index is 1520. The summed E-state index contributed by atoms with van der Waals surface area (Å²) in [7, 11) is 0. The van der Waals surface area contributed by atoms with Crippen LogP contribution in [0.2, 0.25) is 0 Å². The highest BCUT2D eigenvalue weighted by Crippen LogP contribution is 2.19. The van der Waals surface area contributed by atoms with Gasteiger partial charge in [-0.25, -0.2) is 0 Å². The van der Waals surface area contributed by atoms with Crippen LogP contribution in [0.4, 0.5) is 0 Å². The van der Waals surface area contributed by atoms with Gasteiger partial charge in [-0.1, -0.05) is 376 Å². The van der Waals surface area contributed by atoms with Gasteiger partial charge in [0.25, 0.3) is 0 Å². The first-order valence-corrected chi connectivity index (χ1v) is 39.6. The summed E-state index contributed by atoms with van der Waals surface area (Å²) in [5, 5.41) is 23.3. The Kier molecular flexibility index (Phi) is 74.9. The zero-order chi connectivity index (χ0) is 63.5. The fourth-order valence-corrected chi connectivity index (χ4v) is 12.2. The molecule has 0 aromatic rings. The summed E-state index contributed by atoms with van der Waals surface area (Å²) in [5.74, 6) is -0.0617. The number of unbranched alkanes of at least 4 members (excludes halogenated alkanes) is 55. The van der Waals surface area contributed by atoms with E-state index in [2.05, 4.69) is 67.8 Å². The number of esters is 1. The van der Waals surface area contributed by atoms with Crippen LogP contribution in [-0.4, -0.2) is 47.4 Å². The molecule has 1 amide bonds. The predicted octanol–water partition coefficient (Wildman–Crippen LogP) is 26.2. The monoisotopic (exact) mass is 1230 g/mol.